The number of thioether (sulfide) groups is 1. The van der Waals surface area contributed by atoms with Crippen molar-refractivity contribution >= 4 is 40.6 Å². The first-order valence-corrected chi connectivity index (χ1v) is 10.9. The standard InChI is InChI=1S/C25H23N3O3S/c1-14-9-10-19(11-15(14)2)26-25-27-23(29)22(32-25)13-18-12-16(3)28(17(18)4)21-8-6-5-7-20(21)24(30)31/h5-13H,1-4H3,(H,30,31)(H,26,27,29)/b22-13-. The van der Waals surface area contributed by atoms with Crippen LogP contribution in [0.2, 0.25) is 0 Å². The fraction of sp³-hybridized carbons (Fsp3) is 0.160. The van der Waals surface area contributed by atoms with Gasteiger partial charge in [-0.1, -0.05) is 18.2 Å². The zero-order chi connectivity index (χ0) is 23.0. The molecule has 1 saturated heterocycles. The van der Waals surface area contributed by atoms with Gasteiger partial charge in [0.15, 0.2) is 5.17 Å². The van der Waals surface area contributed by atoms with E-state index in [2.05, 4.69) is 10.3 Å². The second kappa shape index (κ2) is 8.51. The van der Waals surface area contributed by atoms with Gasteiger partial charge >= 0.3 is 5.97 Å². The van der Waals surface area contributed by atoms with Crippen molar-refractivity contribution in [3.05, 3.63) is 87.1 Å². The van der Waals surface area contributed by atoms with Crippen LogP contribution in [0.25, 0.3) is 11.8 Å². The topological polar surface area (TPSA) is 83.7 Å². The maximum absolute atomic E-state index is 12.6. The quantitative estimate of drug-likeness (QED) is 0.534. The Morgan fingerprint density at radius 1 is 1.06 bits per heavy atom. The van der Waals surface area contributed by atoms with Crippen molar-refractivity contribution in [3.8, 4) is 5.69 Å². The number of hydrogen-bond acceptors (Lipinski definition) is 4. The average Bonchev–Trinajstić information content (AvgIpc) is 3.22. The Kier molecular flexibility index (Phi) is 5.76. The number of aryl methyl sites for hydroxylation is 3. The predicted molar refractivity (Wildman–Crippen MR) is 129 cm³/mol. The van der Waals surface area contributed by atoms with E-state index in [0.29, 0.717) is 15.8 Å². The lowest BCUT2D eigenvalue weighted by Crippen LogP contribution is -2.19. The van der Waals surface area contributed by atoms with Crippen LogP contribution in [0.15, 0.2) is 58.4 Å². The van der Waals surface area contributed by atoms with E-state index in [-0.39, 0.29) is 11.5 Å². The summed E-state index contributed by atoms with van der Waals surface area (Å²) in [5, 5.41) is 12.9. The van der Waals surface area contributed by atoms with Crippen LogP contribution in [0.5, 0.6) is 0 Å². The van der Waals surface area contributed by atoms with Crippen LogP contribution in [0, 0.1) is 27.7 Å². The molecule has 0 aliphatic carbocycles. The molecule has 1 aliphatic rings. The fourth-order valence-electron chi connectivity index (χ4n) is 3.69. The molecule has 7 heteroatoms. The Morgan fingerprint density at radius 2 is 1.81 bits per heavy atom. The van der Waals surface area contributed by atoms with E-state index >= 15 is 0 Å². The van der Waals surface area contributed by atoms with Gasteiger partial charge in [-0.15, -0.1) is 0 Å². The molecular formula is C25H23N3O3S. The van der Waals surface area contributed by atoms with Crippen molar-refractivity contribution in [2.75, 3.05) is 0 Å². The van der Waals surface area contributed by atoms with Crippen LogP contribution in [0.3, 0.4) is 0 Å². The molecule has 0 spiro atoms. The van der Waals surface area contributed by atoms with E-state index in [1.54, 1.807) is 18.2 Å². The van der Waals surface area contributed by atoms with Gasteiger partial charge in [0, 0.05) is 11.4 Å². The minimum atomic E-state index is -0.981. The van der Waals surface area contributed by atoms with Crippen LogP contribution >= 0.6 is 11.8 Å². The number of aliphatic imine (C=N–C) groups is 1. The smallest absolute Gasteiger partial charge is 0.337 e. The third-order valence-corrected chi connectivity index (χ3v) is 6.41. The molecule has 2 heterocycles. The molecule has 0 unspecified atom stereocenters. The van der Waals surface area contributed by atoms with Gasteiger partial charge in [-0.2, -0.15) is 0 Å². The summed E-state index contributed by atoms with van der Waals surface area (Å²) in [7, 11) is 0. The van der Waals surface area contributed by atoms with Gasteiger partial charge < -0.3 is 15.0 Å². The fourth-order valence-corrected chi connectivity index (χ4v) is 4.52. The van der Waals surface area contributed by atoms with Crippen LogP contribution in [-0.2, 0) is 4.79 Å². The predicted octanol–water partition coefficient (Wildman–Crippen LogP) is 5.30. The molecule has 1 amide bonds. The van der Waals surface area contributed by atoms with E-state index in [9.17, 15) is 14.7 Å². The number of carbonyl (C=O) groups is 2. The number of nitrogens with zero attached hydrogens (tertiary/aromatic N) is 2. The number of aromatic carboxylic acids is 1. The molecule has 1 aromatic heterocycles. The second-order valence-corrected chi connectivity index (χ2v) is 8.77. The number of carboxylic acids is 1. The molecule has 2 N–H and O–H groups in total. The van der Waals surface area contributed by atoms with Gasteiger partial charge in [0.2, 0.25) is 0 Å². The summed E-state index contributed by atoms with van der Waals surface area (Å²) < 4.78 is 1.90. The molecule has 1 fully saturated rings. The van der Waals surface area contributed by atoms with Gasteiger partial charge in [-0.3, -0.25) is 4.79 Å². The van der Waals surface area contributed by atoms with E-state index in [4.69, 9.17) is 0 Å². The summed E-state index contributed by atoms with van der Waals surface area (Å²) in [4.78, 5) is 29.3. The van der Waals surface area contributed by atoms with Crippen molar-refractivity contribution in [1.82, 2.24) is 9.88 Å². The Balaban J connectivity index is 1.67. The van der Waals surface area contributed by atoms with Gasteiger partial charge in [0.25, 0.3) is 5.91 Å². The van der Waals surface area contributed by atoms with Crippen molar-refractivity contribution < 1.29 is 14.7 Å². The highest BCUT2D eigenvalue weighted by atomic mass is 32.2. The third kappa shape index (κ3) is 4.11. The van der Waals surface area contributed by atoms with Gasteiger partial charge in [-0.05, 0) is 92.6 Å². The molecule has 0 radical (unpaired) electrons. The summed E-state index contributed by atoms with van der Waals surface area (Å²) in [6, 6.07) is 14.8. The van der Waals surface area contributed by atoms with E-state index in [0.717, 1.165) is 28.2 Å². The molecule has 6 nitrogen and oxygen atoms in total. The van der Waals surface area contributed by atoms with Crippen LogP contribution in [0.1, 0.15) is 38.4 Å². The van der Waals surface area contributed by atoms with Crippen molar-refractivity contribution in [2.45, 2.75) is 27.7 Å². The summed E-state index contributed by atoms with van der Waals surface area (Å²) in [6.45, 7) is 7.91. The number of hydrogen-bond donors (Lipinski definition) is 2. The highest BCUT2D eigenvalue weighted by molar-refractivity contribution is 8.18. The van der Waals surface area contributed by atoms with Gasteiger partial charge in [0.1, 0.15) is 0 Å². The lowest BCUT2D eigenvalue weighted by Gasteiger charge is -2.12. The minimum absolute atomic E-state index is 0.201. The maximum atomic E-state index is 12.6. The first kappa shape index (κ1) is 21.6. The summed E-state index contributed by atoms with van der Waals surface area (Å²) in [5.74, 6) is -1.18. The molecule has 1 aliphatic heterocycles. The van der Waals surface area contributed by atoms with Gasteiger partial charge in [0.05, 0.1) is 21.8 Å². The Morgan fingerprint density at radius 3 is 2.53 bits per heavy atom. The van der Waals surface area contributed by atoms with Crippen molar-refractivity contribution in [2.24, 2.45) is 4.99 Å². The molecular weight excluding hydrogens is 422 g/mol. The number of para-hydroxylation sites is 1. The van der Waals surface area contributed by atoms with E-state index in [1.807, 2.05) is 68.7 Å². The molecule has 4 rings (SSSR count). The number of aromatic nitrogens is 1. The largest absolute Gasteiger partial charge is 0.478 e. The maximum Gasteiger partial charge on any atom is 0.337 e. The number of carboxylic acid groups (broad SMARTS) is 1. The molecule has 0 atom stereocenters. The number of carbonyl (C=O) groups excluding carboxylic acids is 1. The van der Waals surface area contributed by atoms with Crippen LogP contribution < -0.4 is 5.32 Å². The van der Waals surface area contributed by atoms with Crippen molar-refractivity contribution in [1.29, 1.82) is 0 Å². The highest BCUT2D eigenvalue weighted by Crippen LogP contribution is 2.31. The molecule has 2 aromatic carbocycles. The number of amides is 1. The average molecular weight is 446 g/mol. The zero-order valence-electron chi connectivity index (χ0n) is 18.3. The van der Waals surface area contributed by atoms with Crippen LogP contribution in [0.4, 0.5) is 5.69 Å². The SMILES string of the molecule is Cc1ccc(N=C2NC(=O)/C(=C/c3cc(C)n(-c4ccccc4C(=O)O)c3C)S2)cc1C. The number of nitrogens with one attached hydrogen (secondary N) is 1. The van der Waals surface area contributed by atoms with Crippen LogP contribution in [-0.4, -0.2) is 26.7 Å². The van der Waals surface area contributed by atoms with Crippen molar-refractivity contribution in [3.63, 3.8) is 0 Å². The first-order valence-electron chi connectivity index (χ1n) is 10.1. The summed E-state index contributed by atoms with van der Waals surface area (Å²) in [5.41, 5.74) is 6.55. The molecule has 32 heavy (non-hydrogen) atoms. The monoisotopic (exact) mass is 445 g/mol. The molecule has 0 bridgehead atoms. The van der Waals surface area contributed by atoms with Gasteiger partial charge in [-0.25, -0.2) is 9.79 Å². The highest BCUT2D eigenvalue weighted by Gasteiger charge is 2.25. The number of benzene rings is 2. The zero-order valence-corrected chi connectivity index (χ0v) is 19.1. The number of rotatable bonds is 4. The molecule has 0 saturated carbocycles. The Bertz CT molecular complexity index is 1320. The summed E-state index contributed by atoms with van der Waals surface area (Å²) >= 11 is 1.29. The normalized spacial score (nSPS) is 16.1. The molecule has 162 valence electrons. The lowest BCUT2D eigenvalue weighted by molar-refractivity contribution is -0.115. The second-order valence-electron chi connectivity index (χ2n) is 7.73. The first-order chi connectivity index (χ1) is 15.2. The van der Waals surface area contributed by atoms with E-state index in [1.165, 1.54) is 17.3 Å². The Labute approximate surface area is 190 Å². The molecule has 3 aromatic rings. The summed E-state index contributed by atoms with van der Waals surface area (Å²) in [6.07, 6.45) is 1.82. The van der Waals surface area contributed by atoms with E-state index < -0.39 is 5.97 Å². The third-order valence-electron chi connectivity index (χ3n) is 5.50. The lowest BCUT2D eigenvalue weighted by atomic mass is 10.1. The number of amidine groups is 1. The minimum Gasteiger partial charge on any atom is -0.478 e. The Hall–Kier alpha value is -3.58.